The van der Waals surface area contributed by atoms with E-state index in [2.05, 4.69) is 89.2 Å². The van der Waals surface area contributed by atoms with Gasteiger partial charge in [0.1, 0.15) is 11.4 Å². The number of para-hydroxylation sites is 3. The maximum absolute atomic E-state index is 13.5. The molecule has 54 heavy (non-hydrogen) atoms. The Labute approximate surface area is 331 Å². The number of halogens is 1. The zero-order valence-corrected chi connectivity index (χ0v) is 35.2. The van der Waals surface area contributed by atoms with E-state index in [0.29, 0.717) is 0 Å². The second-order valence-corrected chi connectivity index (χ2v) is 25.0. The summed E-state index contributed by atoms with van der Waals surface area (Å²) in [5.41, 5.74) is 11.7. The van der Waals surface area contributed by atoms with Crippen LogP contribution in [0.3, 0.4) is 0 Å². The fraction of sp³-hybridized carbons (Fsp3) is 0.106. The smallest absolute Gasteiger partial charge is 0 e. The Hall–Kier alpha value is -5.14. The number of aromatic nitrogens is 3. The average Bonchev–Trinajstić information content (AvgIpc) is 3.74. The van der Waals surface area contributed by atoms with Gasteiger partial charge < -0.3 is 8.98 Å². The van der Waals surface area contributed by atoms with Crippen LogP contribution in [0.25, 0.3) is 72.4 Å². The van der Waals surface area contributed by atoms with Crippen molar-refractivity contribution in [1.82, 2.24) is 14.5 Å². The van der Waals surface area contributed by atoms with Gasteiger partial charge in [-0.1, -0.05) is 53.4 Å². The molecule has 0 amide bonds. The van der Waals surface area contributed by atoms with Gasteiger partial charge in [-0.15, -0.1) is 18.2 Å². The first-order valence-electron chi connectivity index (χ1n) is 17.8. The number of pyridine rings is 1. The van der Waals surface area contributed by atoms with Gasteiger partial charge in [0.2, 0.25) is 0 Å². The van der Waals surface area contributed by atoms with Crippen LogP contribution in [0, 0.1) is 31.8 Å². The van der Waals surface area contributed by atoms with Gasteiger partial charge in [0, 0.05) is 31.2 Å². The van der Waals surface area contributed by atoms with Crippen molar-refractivity contribution in [2.75, 3.05) is 0 Å². The van der Waals surface area contributed by atoms with Crippen molar-refractivity contribution in [2.24, 2.45) is 0 Å². The molecule has 3 aromatic heterocycles. The van der Waals surface area contributed by atoms with Crippen molar-refractivity contribution in [2.45, 2.75) is 31.1 Å². The zero-order valence-electron chi connectivity index (χ0n) is 30.7. The van der Waals surface area contributed by atoms with Crippen molar-refractivity contribution in [3.05, 3.63) is 169 Å². The van der Waals surface area contributed by atoms with Crippen LogP contribution in [0.4, 0.5) is 4.39 Å². The summed E-state index contributed by atoms with van der Waals surface area (Å²) in [5.74, 6) is 7.69. The largest absolute Gasteiger partial charge is 0 e. The topological polar surface area (TPSA) is 43.9 Å². The van der Waals surface area contributed by atoms with Crippen LogP contribution in [0.15, 0.2) is 144 Å². The minimum absolute atomic E-state index is 0. The molecule has 0 unspecified atom stereocenters. The molecule has 269 valence electrons. The van der Waals surface area contributed by atoms with Gasteiger partial charge >= 0.3 is 99.8 Å². The van der Waals surface area contributed by atoms with Crippen molar-refractivity contribution in [3.63, 3.8) is 0 Å². The molecule has 6 aromatic carbocycles. The van der Waals surface area contributed by atoms with Crippen LogP contribution in [0.5, 0.6) is 0 Å². The maximum atomic E-state index is 13.5. The van der Waals surface area contributed by atoms with E-state index in [-0.39, 0.29) is 25.9 Å². The Morgan fingerprint density at radius 3 is 2.13 bits per heavy atom. The second kappa shape index (κ2) is 15.3. The standard InChI is InChI=1S/C33H22FN2O.C14H16GeN.Ir/c1-20-18-23(22-14-16-24(34)17-15-22)19-21(2)31(20)36-29-12-5-4-11-28(29)35-33(36)27-10-7-9-26-25-8-3-6-13-30(25)37-32(26)27;1-15(2,3)13-9-10-14(16-11-13)12-7-5-4-6-8-12;/h3-9,11-19H,1-2H3;4-7,9-11H,1-3H3;/q2*-1;. The molecule has 0 atom stereocenters. The van der Waals surface area contributed by atoms with Crippen LogP contribution >= 0.6 is 0 Å². The van der Waals surface area contributed by atoms with E-state index >= 15 is 0 Å². The summed E-state index contributed by atoms with van der Waals surface area (Å²) in [4.78, 5) is 9.61. The third kappa shape index (κ3) is 7.22. The van der Waals surface area contributed by atoms with E-state index in [1.54, 1.807) is 0 Å². The molecule has 3 heterocycles. The molecule has 0 fully saturated rings. The minimum atomic E-state index is -1.72. The summed E-state index contributed by atoms with van der Waals surface area (Å²) < 4.78 is 23.5. The summed E-state index contributed by atoms with van der Waals surface area (Å²) in [6.45, 7) is 4.22. The predicted octanol–water partition coefficient (Wildman–Crippen LogP) is 11.9. The van der Waals surface area contributed by atoms with E-state index in [0.717, 1.165) is 83.6 Å². The van der Waals surface area contributed by atoms with Crippen molar-refractivity contribution >= 4 is 50.6 Å². The molecule has 0 aliphatic rings. The molecule has 9 rings (SSSR count). The molecule has 0 saturated heterocycles. The summed E-state index contributed by atoms with van der Waals surface area (Å²) in [6, 6.07) is 50.1. The van der Waals surface area contributed by atoms with Crippen molar-refractivity contribution in [3.8, 4) is 39.5 Å². The number of aryl methyl sites for hydroxylation is 2. The zero-order chi connectivity index (χ0) is 36.7. The van der Waals surface area contributed by atoms with Crippen LogP contribution in [-0.2, 0) is 20.1 Å². The third-order valence-electron chi connectivity index (χ3n) is 9.63. The fourth-order valence-corrected chi connectivity index (χ4v) is 9.12. The molecule has 0 aliphatic carbocycles. The Kier molecular flexibility index (Phi) is 10.5. The Bertz CT molecular complexity index is 2710. The van der Waals surface area contributed by atoms with E-state index in [1.807, 2.05) is 91.1 Å². The number of nitrogens with zero attached hydrogens (tertiary/aromatic N) is 3. The monoisotopic (exact) mass is 946 g/mol. The first-order valence-corrected chi connectivity index (χ1v) is 25.1. The quantitative estimate of drug-likeness (QED) is 0.128. The number of furan rings is 1. The summed E-state index contributed by atoms with van der Waals surface area (Å²) in [6.07, 6.45) is 2.04. The maximum Gasteiger partial charge on any atom is 0 e. The Morgan fingerprint density at radius 2 is 1.43 bits per heavy atom. The van der Waals surface area contributed by atoms with Gasteiger partial charge in [0.15, 0.2) is 0 Å². The summed E-state index contributed by atoms with van der Waals surface area (Å²) in [7, 11) is 0. The second-order valence-electron chi connectivity index (χ2n) is 14.4. The Morgan fingerprint density at radius 1 is 0.704 bits per heavy atom. The number of hydrogen-bond donors (Lipinski definition) is 0. The number of imidazole rings is 1. The molecule has 0 bridgehead atoms. The summed E-state index contributed by atoms with van der Waals surface area (Å²) >= 11 is -1.72. The fourth-order valence-electron chi connectivity index (χ4n) is 6.94. The van der Waals surface area contributed by atoms with Gasteiger partial charge in [-0.3, -0.25) is 4.98 Å². The Balaban J connectivity index is 0.000000223. The molecule has 1 radical (unpaired) electrons. The first kappa shape index (κ1) is 37.2. The SMILES string of the molecule is Cc1cc(-c2ccc(F)cc2)cc(C)c1-n1c(-c2[c-]ccc3c2oc2ccccc23)nc2ccccc21.[CH3][Ge]([CH3])([CH3])[c]1ccc(-c2[c-]cccc2)nc1.[Ir]. The normalized spacial score (nSPS) is 11.4. The molecule has 0 N–H and O–H groups in total. The third-order valence-corrected chi connectivity index (χ3v) is 13.9. The van der Waals surface area contributed by atoms with Gasteiger partial charge in [-0.2, -0.15) is 0 Å². The number of hydrogen-bond acceptors (Lipinski definition) is 3. The van der Waals surface area contributed by atoms with Crippen LogP contribution in [0.1, 0.15) is 11.1 Å². The molecule has 9 aromatic rings. The van der Waals surface area contributed by atoms with E-state index < -0.39 is 13.3 Å². The van der Waals surface area contributed by atoms with Crippen LogP contribution < -0.4 is 4.40 Å². The van der Waals surface area contributed by atoms with E-state index in [4.69, 9.17) is 9.40 Å². The molecular weight excluding hydrogens is 906 g/mol. The number of fused-ring (bicyclic) bond motifs is 4. The minimum Gasteiger partial charge on any atom is 0 e. The van der Waals surface area contributed by atoms with Gasteiger partial charge in [0.05, 0.1) is 22.4 Å². The molecule has 0 saturated carbocycles. The molecule has 0 spiro atoms. The molecule has 0 aliphatic heterocycles. The number of rotatable bonds is 5. The first-order chi connectivity index (χ1) is 25.7. The van der Waals surface area contributed by atoms with Crippen LogP contribution in [-0.4, -0.2) is 27.8 Å². The van der Waals surface area contributed by atoms with Crippen LogP contribution in [0.2, 0.25) is 17.3 Å². The van der Waals surface area contributed by atoms with Crippen molar-refractivity contribution < 1.29 is 28.9 Å². The van der Waals surface area contributed by atoms with Gasteiger partial charge in [-0.05, 0) is 78.6 Å². The predicted molar refractivity (Wildman–Crippen MR) is 219 cm³/mol. The van der Waals surface area contributed by atoms with E-state index in [9.17, 15) is 4.39 Å². The average molecular weight is 945 g/mol. The van der Waals surface area contributed by atoms with Gasteiger partial charge in [-0.25, -0.2) is 4.39 Å². The number of benzene rings is 6. The molecule has 4 nitrogen and oxygen atoms in total. The van der Waals surface area contributed by atoms with Crippen molar-refractivity contribution in [1.29, 1.82) is 0 Å². The molecule has 7 heteroatoms. The molecular formula is C47H38FGeIrN3O-2. The van der Waals surface area contributed by atoms with Gasteiger partial charge in [0.25, 0.3) is 0 Å². The van der Waals surface area contributed by atoms with E-state index in [1.165, 1.54) is 16.5 Å². The summed E-state index contributed by atoms with van der Waals surface area (Å²) in [5, 5.41) is 2.12.